The van der Waals surface area contributed by atoms with Crippen LogP contribution in [0.15, 0.2) is 24.3 Å². The number of carboxylic acids is 1. The number of benzene rings is 1. The smallest absolute Gasteiger partial charge is 0.304 e. The Morgan fingerprint density at radius 3 is 2.24 bits per heavy atom. The van der Waals surface area contributed by atoms with Crippen LogP contribution in [0.1, 0.15) is 33.6 Å². The summed E-state index contributed by atoms with van der Waals surface area (Å²) in [4.78, 5) is 37.8. The molecule has 0 radical (unpaired) electrons. The molecule has 6 heteroatoms. The molecule has 0 saturated heterocycles. The van der Waals surface area contributed by atoms with Crippen molar-refractivity contribution in [1.82, 2.24) is 9.80 Å². The van der Waals surface area contributed by atoms with E-state index < -0.39 is 5.97 Å². The number of hydrogen-bond acceptors (Lipinski definition) is 4. The van der Waals surface area contributed by atoms with Gasteiger partial charge in [-0.3, -0.25) is 19.3 Å². The van der Waals surface area contributed by atoms with Gasteiger partial charge in [0.1, 0.15) is 0 Å². The summed E-state index contributed by atoms with van der Waals surface area (Å²) >= 11 is 0. The Kier molecular flexibility index (Phi) is 4.70. The van der Waals surface area contributed by atoms with Crippen LogP contribution >= 0.6 is 0 Å². The predicted octanol–water partition coefficient (Wildman–Crippen LogP) is 1.08. The van der Waals surface area contributed by atoms with Gasteiger partial charge < -0.3 is 10.0 Å². The van der Waals surface area contributed by atoms with Crippen LogP contribution in [0.2, 0.25) is 0 Å². The van der Waals surface area contributed by atoms with E-state index in [-0.39, 0.29) is 18.2 Å². The number of carbonyl (C=O) groups is 3. The number of aliphatic carboxylic acids is 1. The highest BCUT2D eigenvalue weighted by molar-refractivity contribution is 6.21. The predicted molar refractivity (Wildman–Crippen MR) is 76.2 cm³/mol. The van der Waals surface area contributed by atoms with Gasteiger partial charge in [-0.2, -0.15) is 0 Å². The van der Waals surface area contributed by atoms with E-state index in [9.17, 15) is 14.4 Å². The summed E-state index contributed by atoms with van der Waals surface area (Å²) in [5.41, 5.74) is 0.920. The van der Waals surface area contributed by atoms with Crippen molar-refractivity contribution in [3.8, 4) is 0 Å². The fourth-order valence-corrected chi connectivity index (χ4v) is 2.34. The van der Waals surface area contributed by atoms with Gasteiger partial charge in [0.25, 0.3) is 11.8 Å². The molecule has 1 aliphatic rings. The Labute approximate surface area is 123 Å². The number of carbonyl (C=O) groups excluding carboxylic acids is 2. The standard InChI is InChI=1S/C15H18N2O4/c1-16(10-7-13(18)19)8-4-9-17-14(20)11-5-2-3-6-12(11)15(17)21/h2-3,5-6H,4,7-10H2,1H3,(H,18,19). The molecule has 0 bridgehead atoms. The molecular weight excluding hydrogens is 272 g/mol. The van der Waals surface area contributed by atoms with Crippen LogP contribution in [-0.2, 0) is 4.79 Å². The molecule has 0 atom stereocenters. The molecule has 112 valence electrons. The summed E-state index contributed by atoms with van der Waals surface area (Å²) in [7, 11) is 1.82. The van der Waals surface area contributed by atoms with Crippen LogP contribution in [0.3, 0.4) is 0 Å². The number of fused-ring (bicyclic) bond motifs is 1. The lowest BCUT2D eigenvalue weighted by atomic mass is 10.1. The van der Waals surface area contributed by atoms with Gasteiger partial charge in [-0.05, 0) is 32.1 Å². The van der Waals surface area contributed by atoms with Crippen LogP contribution in [0.4, 0.5) is 0 Å². The van der Waals surface area contributed by atoms with Crippen molar-refractivity contribution in [2.75, 3.05) is 26.7 Å². The third-order valence-corrected chi connectivity index (χ3v) is 3.51. The zero-order chi connectivity index (χ0) is 15.4. The Morgan fingerprint density at radius 2 is 1.71 bits per heavy atom. The average molecular weight is 290 g/mol. The maximum Gasteiger partial charge on any atom is 0.304 e. The zero-order valence-corrected chi connectivity index (χ0v) is 11.9. The molecular formula is C15H18N2O4. The molecule has 1 aromatic carbocycles. The third kappa shape index (κ3) is 3.46. The summed E-state index contributed by atoms with van der Waals surface area (Å²) in [5, 5.41) is 8.61. The van der Waals surface area contributed by atoms with Crippen LogP contribution in [-0.4, -0.2) is 59.4 Å². The van der Waals surface area contributed by atoms with Crippen molar-refractivity contribution < 1.29 is 19.5 Å². The molecule has 0 unspecified atom stereocenters. The average Bonchev–Trinajstić information content (AvgIpc) is 2.70. The summed E-state index contributed by atoms with van der Waals surface area (Å²) in [6.07, 6.45) is 0.713. The summed E-state index contributed by atoms with van der Waals surface area (Å²) in [6, 6.07) is 6.81. The van der Waals surface area contributed by atoms with Gasteiger partial charge in [-0.1, -0.05) is 12.1 Å². The van der Waals surface area contributed by atoms with Gasteiger partial charge in [0.05, 0.1) is 17.5 Å². The van der Waals surface area contributed by atoms with Gasteiger partial charge in [-0.25, -0.2) is 0 Å². The second-order valence-corrected chi connectivity index (χ2v) is 5.11. The normalized spacial score (nSPS) is 13.9. The van der Waals surface area contributed by atoms with Gasteiger partial charge in [-0.15, -0.1) is 0 Å². The quantitative estimate of drug-likeness (QED) is 0.760. The highest BCUT2D eigenvalue weighted by Crippen LogP contribution is 2.22. The Morgan fingerprint density at radius 1 is 1.14 bits per heavy atom. The summed E-state index contributed by atoms with van der Waals surface area (Å²) < 4.78 is 0. The van der Waals surface area contributed by atoms with Crippen molar-refractivity contribution in [2.45, 2.75) is 12.8 Å². The number of nitrogens with zero attached hydrogens (tertiary/aromatic N) is 2. The summed E-state index contributed by atoms with van der Waals surface area (Å²) in [5.74, 6) is -1.32. The molecule has 1 aromatic rings. The maximum absolute atomic E-state index is 12.1. The van der Waals surface area contributed by atoms with E-state index in [4.69, 9.17) is 5.11 Å². The van der Waals surface area contributed by atoms with Crippen molar-refractivity contribution in [2.24, 2.45) is 0 Å². The molecule has 1 aliphatic heterocycles. The lowest BCUT2D eigenvalue weighted by Gasteiger charge is -2.18. The van der Waals surface area contributed by atoms with E-state index in [1.165, 1.54) is 4.90 Å². The van der Waals surface area contributed by atoms with Crippen molar-refractivity contribution in [3.63, 3.8) is 0 Å². The minimum atomic E-state index is -0.831. The number of hydrogen-bond donors (Lipinski definition) is 1. The first kappa shape index (κ1) is 15.2. The van der Waals surface area contributed by atoms with E-state index in [2.05, 4.69) is 0 Å². The first-order valence-electron chi connectivity index (χ1n) is 6.86. The van der Waals surface area contributed by atoms with E-state index in [0.717, 1.165) is 0 Å². The molecule has 0 spiro atoms. The second kappa shape index (κ2) is 6.49. The van der Waals surface area contributed by atoms with Crippen LogP contribution < -0.4 is 0 Å². The number of rotatable bonds is 7. The van der Waals surface area contributed by atoms with Crippen LogP contribution in [0.5, 0.6) is 0 Å². The largest absolute Gasteiger partial charge is 0.481 e. The number of carboxylic acid groups (broad SMARTS) is 1. The van der Waals surface area contributed by atoms with Crippen LogP contribution in [0.25, 0.3) is 0 Å². The Bertz CT molecular complexity index is 536. The lowest BCUT2D eigenvalue weighted by molar-refractivity contribution is -0.137. The Hall–Kier alpha value is -2.21. The molecule has 1 heterocycles. The number of imide groups is 1. The topological polar surface area (TPSA) is 77.9 Å². The SMILES string of the molecule is CN(CCCN1C(=O)c2ccccc2C1=O)CCC(=O)O. The zero-order valence-electron chi connectivity index (χ0n) is 11.9. The van der Waals surface area contributed by atoms with Crippen molar-refractivity contribution in [1.29, 1.82) is 0 Å². The maximum atomic E-state index is 12.1. The highest BCUT2D eigenvalue weighted by Gasteiger charge is 2.34. The van der Waals surface area contributed by atoms with Gasteiger partial charge in [0.15, 0.2) is 0 Å². The molecule has 0 fully saturated rings. The van der Waals surface area contributed by atoms with E-state index in [0.29, 0.717) is 37.2 Å². The third-order valence-electron chi connectivity index (χ3n) is 3.51. The molecule has 21 heavy (non-hydrogen) atoms. The molecule has 0 aliphatic carbocycles. The summed E-state index contributed by atoms with van der Waals surface area (Å²) in [6.45, 7) is 1.45. The molecule has 0 aromatic heterocycles. The number of amides is 2. The van der Waals surface area contributed by atoms with Gasteiger partial charge in [0, 0.05) is 13.1 Å². The lowest BCUT2D eigenvalue weighted by Crippen LogP contribution is -2.33. The van der Waals surface area contributed by atoms with E-state index >= 15 is 0 Å². The van der Waals surface area contributed by atoms with Gasteiger partial charge in [0.2, 0.25) is 0 Å². The monoisotopic (exact) mass is 290 g/mol. The fraction of sp³-hybridized carbons (Fsp3) is 0.400. The minimum absolute atomic E-state index is 0.0868. The van der Waals surface area contributed by atoms with E-state index in [1.54, 1.807) is 24.3 Å². The Balaban J connectivity index is 1.84. The molecule has 2 amide bonds. The molecule has 6 nitrogen and oxygen atoms in total. The van der Waals surface area contributed by atoms with Crippen molar-refractivity contribution >= 4 is 17.8 Å². The minimum Gasteiger partial charge on any atom is -0.481 e. The molecule has 0 saturated carbocycles. The first-order chi connectivity index (χ1) is 10.0. The molecule has 1 N–H and O–H groups in total. The first-order valence-corrected chi connectivity index (χ1v) is 6.86. The highest BCUT2D eigenvalue weighted by atomic mass is 16.4. The fourth-order valence-electron chi connectivity index (χ4n) is 2.34. The van der Waals surface area contributed by atoms with Gasteiger partial charge >= 0.3 is 5.97 Å². The van der Waals surface area contributed by atoms with E-state index in [1.807, 2.05) is 11.9 Å². The second-order valence-electron chi connectivity index (χ2n) is 5.11. The van der Waals surface area contributed by atoms with Crippen molar-refractivity contribution in [3.05, 3.63) is 35.4 Å². The molecule has 2 rings (SSSR count). The van der Waals surface area contributed by atoms with Crippen LogP contribution in [0, 0.1) is 0 Å².